The van der Waals surface area contributed by atoms with Gasteiger partial charge in [0.1, 0.15) is 17.6 Å². The average molecular weight is 233 g/mol. The standard InChI is InChI=1S/C14H19NO2/c1-10(9-15)17-13-7-6-11(16-5)8-12(13)14(2,3)4/h6-8,10H,1-5H3. The molecule has 1 rings (SSSR count). The fourth-order valence-corrected chi connectivity index (χ4v) is 1.54. The number of hydrogen-bond acceptors (Lipinski definition) is 3. The van der Waals surface area contributed by atoms with Crippen LogP contribution in [-0.4, -0.2) is 13.2 Å². The third-order valence-corrected chi connectivity index (χ3v) is 2.48. The monoisotopic (exact) mass is 233 g/mol. The van der Waals surface area contributed by atoms with Gasteiger partial charge in [0.25, 0.3) is 0 Å². The molecule has 0 saturated heterocycles. The molecule has 0 fully saturated rings. The van der Waals surface area contributed by atoms with Gasteiger partial charge in [0.15, 0.2) is 6.10 Å². The van der Waals surface area contributed by atoms with Crippen LogP contribution in [0.3, 0.4) is 0 Å². The molecule has 1 unspecified atom stereocenters. The lowest BCUT2D eigenvalue weighted by Crippen LogP contribution is -2.16. The van der Waals surface area contributed by atoms with Crippen LogP contribution in [0.25, 0.3) is 0 Å². The fourth-order valence-electron chi connectivity index (χ4n) is 1.54. The van der Waals surface area contributed by atoms with Crippen molar-refractivity contribution < 1.29 is 9.47 Å². The molecule has 0 saturated carbocycles. The van der Waals surface area contributed by atoms with Crippen LogP contribution in [0, 0.1) is 11.3 Å². The van der Waals surface area contributed by atoms with Gasteiger partial charge in [-0.3, -0.25) is 0 Å². The number of nitrogens with zero attached hydrogens (tertiary/aromatic N) is 1. The normalized spacial score (nSPS) is 12.7. The lowest BCUT2D eigenvalue weighted by atomic mass is 9.86. The predicted molar refractivity (Wildman–Crippen MR) is 67.4 cm³/mol. The van der Waals surface area contributed by atoms with E-state index in [1.807, 2.05) is 18.2 Å². The van der Waals surface area contributed by atoms with E-state index in [9.17, 15) is 0 Å². The second kappa shape index (κ2) is 5.09. The second-order valence-corrected chi connectivity index (χ2v) is 5.00. The van der Waals surface area contributed by atoms with Crippen LogP contribution in [0.5, 0.6) is 11.5 Å². The van der Waals surface area contributed by atoms with Crippen molar-refractivity contribution in [3.8, 4) is 17.6 Å². The average Bonchev–Trinajstić information content (AvgIpc) is 2.28. The Morgan fingerprint density at radius 3 is 2.41 bits per heavy atom. The van der Waals surface area contributed by atoms with E-state index in [1.165, 1.54) is 0 Å². The van der Waals surface area contributed by atoms with Gasteiger partial charge >= 0.3 is 0 Å². The SMILES string of the molecule is COc1ccc(OC(C)C#N)c(C(C)(C)C)c1. The van der Waals surface area contributed by atoms with Crippen LogP contribution >= 0.6 is 0 Å². The molecule has 0 aliphatic heterocycles. The number of ether oxygens (including phenoxy) is 2. The number of methoxy groups -OCH3 is 1. The van der Waals surface area contributed by atoms with E-state index in [2.05, 4.69) is 26.8 Å². The summed E-state index contributed by atoms with van der Waals surface area (Å²) in [5.74, 6) is 1.54. The van der Waals surface area contributed by atoms with Crippen LogP contribution in [0.15, 0.2) is 18.2 Å². The Bertz CT molecular complexity index is 427. The van der Waals surface area contributed by atoms with Crippen LogP contribution in [0.4, 0.5) is 0 Å². The van der Waals surface area contributed by atoms with Gasteiger partial charge in [-0.1, -0.05) is 20.8 Å². The van der Waals surface area contributed by atoms with Gasteiger partial charge in [0.05, 0.1) is 7.11 Å². The lowest BCUT2D eigenvalue weighted by molar-refractivity contribution is 0.268. The van der Waals surface area contributed by atoms with Crippen LogP contribution in [0.1, 0.15) is 33.3 Å². The largest absolute Gasteiger partial charge is 0.497 e. The van der Waals surface area contributed by atoms with E-state index in [1.54, 1.807) is 14.0 Å². The minimum atomic E-state index is -0.454. The molecule has 0 spiro atoms. The Labute approximate surface area is 103 Å². The molecule has 0 N–H and O–H groups in total. The van der Waals surface area contributed by atoms with Gasteiger partial charge in [-0.25, -0.2) is 0 Å². The quantitative estimate of drug-likeness (QED) is 0.804. The van der Waals surface area contributed by atoms with Gasteiger partial charge in [-0.2, -0.15) is 5.26 Å². The summed E-state index contributed by atoms with van der Waals surface area (Å²) >= 11 is 0. The Morgan fingerprint density at radius 2 is 1.94 bits per heavy atom. The van der Waals surface area contributed by atoms with Crippen LogP contribution in [-0.2, 0) is 5.41 Å². The molecule has 0 radical (unpaired) electrons. The molecule has 0 aliphatic carbocycles. The zero-order chi connectivity index (χ0) is 13.1. The first-order valence-corrected chi connectivity index (χ1v) is 5.63. The van der Waals surface area contributed by atoms with Crippen molar-refractivity contribution in [2.75, 3.05) is 7.11 Å². The molecule has 1 aromatic rings. The minimum Gasteiger partial charge on any atom is -0.497 e. The summed E-state index contributed by atoms with van der Waals surface area (Å²) in [4.78, 5) is 0. The minimum absolute atomic E-state index is 0.0565. The number of benzene rings is 1. The third kappa shape index (κ3) is 3.39. The summed E-state index contributed by atoms with van der Waals surface area (Å²) in [7, 11) is 1.64. The summed E-state index contributed by atoms with van der Waals surface area (Å²) in [5, 5.41) is 8.79. The zero-order valence-corrected chi connectivity index (χ0v) is 11.1. The first-order valence-electron chi connectivity index (χ1n) is 5.63. The van der Waals surface area contributed by atoms with Gasteiger partial charge in [0, 0.05) is 5.56 Å². The summed E-state index contributed by atoms with van der Waals surface area (Å²) in [6.45, 7) is 8.04. The molecule has 17 heavy (non-hydrogen) atoms. The first kappa shape index (κ1) is 13.4. The molecule has 3 nitrogen and oxygen atoms in total. The molecule has 1 aromatic carbocycles. The molecular weight excluding hydrogens is 214 g/mol. The highest BCUT2D eigenvalue weighted by molar-refractivity contribution is 5.44. The van der Waals surface area contributed by atoms with Crippen molar-refractivity contribution in [2.24, 2.45) is 0 Å². The van der Waals surface area contributed by atoms with E-state index >= 15 is 0 Å². The fraction of sp³-hybridized carbons (Fsp3) is 0.500. The van der Waals surface area contributed by atoms with E-state index < -0.39 is 6.10 Å². The van der Waals surface area contributed by atoms with Crippen molar-refractivity contribution in [3.05, 3.63) is 23.8 Å². The maximum atomic E-state index is 8.79. The van der Waals surface area contributed by atoms with Gasteiger partial charge in [0.2, 0.25) is 0 Å². The maximum absolute atomic E-state index is 8.79. The first-order chi connectivity index (χ1) is 7.88. The lowest BCUT2D eigenvalue weighted by Gasteiger charge is -2.24. The summed E-state index contributed by atoms with van der Waals surface area (Å²) in [5.41, 5.74) is 0.984. The molecule has 0 heterocycles. The molecule has 0 amide bonds. The Balaban J connectivity index is 3.17. The van der Waals surface area contributed by atoms with E-state index in [-0.39, 0.29) is 5.41 Å². The number of rotatable bonds is 3. The Hall–Kier alpha value is -1.69. The van der Waals surface area contributed by atoms with Crippen molar-refractivity contribution in [1.82, 2.24) is 0 Å². The Kier molecular flexibility index (Phi) is 4.01. The topological polar surface area (TPSA) is 42.2 Å². The highest BCUT2D eigenvalue weighted by atomic mass is 16.5. The summed E-state index contributed by atoms with van der Waals surface area (Å²) in [6.07, 6.45) is -0.454. The van der Waals surface area contributed by atoms with Crippen LogP contribution in [0.2, 0.25) is 0 Å². The van der Waals surface area contributed by atoms with E-state index in [0.29, 0.717) is 0 Å². The van der Waals surface area contributed by atoms with Crippen LogP contribution < -0.4 is 9.47 Å². The molecule has 1 atom stereocenters. The highest BCUT2D eigenvalue weighted by Crippen LogP contribution is 2.34. The highest BCUT2D eigenvalue weighted by Gasteiger charge is 2.20. The van der Waals surface area contributed by atoms with Gasteiger partial charge in [-0.05, 0) is 30.5 Å². The Morgan fingerprint density at radius 1 is 1.29 bits per heavy atom. The molecule has 92 valence electrons. The molecule has 0 bridgehead atoms. The summed E-state index contributed by atoms with van der Waals surface area (Å²) < 4.78 is 10.8. The number of hydrogen-bond donors (Lipinski definition) is 0. The maximum Gasteiger partial charge on any atom is 0.181 e. The molecule has 0 aliphatic rings. The smallest absolute Gasteiger partial charge is 0.181 e. The molecular formula is C14H19NO2. The zero-order valence-electron chi connectivity index (χ0n) is 11.1. The van der Waals surface area contributed by atoms with E-state index in [0.717, 1.165) is 17.1 Å². The third-order valence-electron chi connectivity index (χ3n) is 2.48. The molecule has 0 aromatic heterocycles. The predicted octanol–water partition coefficient (Wildman–Crippen LogP) is 3.28. The second-order valence-electron chi connectivity index (χ2n) is 5.00. The van der Waals surface area contributed by atoms with Crippen molar-refractivity contribution in [1.29, 1.82) is 5.26 Å². The summed E-state index contributed by atoms with van der Waals surface area (Å²) in [6, 6.07) is 7.72. The van der Waals surface area contributed by atoms with Crippen molar-refractivity contribution >= 4 is 0 Å². The van der Waals surface area contributed by atoms with Crippen molar-refractivity contribution in [2.45, 2.75) is 39.2 Å². The van der Waals surface area contributed by atoms with Crippen molar-refractivity contribution in [3.63, 3.8) is 0 Å². The van der Waals surface area contributed by atoms with Gasteiger partial charge in [-0.15, -0.1) is 0 Å². The molecule has 3 heteroatoms. The van der Waals surface area contributed by atoms with Gasteiger partial charge < -0.3 is 9.47 Å². The number of nitriles is 1. The van der Waals surface area contributed by atoms with E-state index in [4.69, 9.17) is 14.7 Å².